The maximum atomic E-state index is 15.1. The van der Waals surface area contributed by atoms with E-state index in [9.17, 15) is 13.6 Å². The Bertz CT molecular complexity index is 1350. The number of halogens is 4. The van der Waals surface area contributed by atoms with Crippen molar-refractivity contribution < 1.29 is 18.0 Å². The predicted octanol–water partition coefficient (Wildman–Crippen LogP) is 4.13. The maximum Gasteiger partial charge on any atom is 0.231 e. The first-order chi connectivity index (χ1) is 15.4. The summed E-state index contributed by atoms with van der Waals surface area (Å²) in [5.41, 5.74) is 1.40. The number of nitrogens with zero attached hydrogens (tertiary/aromatic N) is 4. The van der Waals surface area contributed by atoms with Gasteiger partial charge in [-0.2, -0.15) is 5.10 Å². The topological polar surface area (TPSA) is 100 Å². The highest BCUT2D eigenvalue weighted by atomic mass is 35.5. The van der Waals surface area contributed by atoms with Crippen LogP contribution in [-0.2, 0) is 4.79 Å². The third-order valence-electron chi connectivity index (χ3n) is 5.31. The summed E-state index contributed by atoms with van der Waals surface area (Å²) in [6, 6.07) is -0.629. The minimum atomic E-state index is -1.11. The lowest BCUT2D eigenvalue weighted by Gasteiger charge is -2.16. The van der Waals surface area contributed by atoms with Crippen LogP contribution in [0.3, 0.4) is 0 Å². The fourth-order valence-electron chi connectivity index (χ4n) is 3.53. The number of fused-ring (bicyclic) bond motifs is 2. The van der Waals surface area contributed by atoms with Gasteiger partial charge in [-0.25, -0.2) is 18.2 Å². The molecule has 1 aromatic carbocycles. The number of imidazole rings is 1. The Balaban J connectivity index is 1.55. The maximum absolute atomic E-state index is 15.1. The van der Waals surface area contributed by atoms with Crippen LogP contribution in [0.15, 0.2) is 24.8 Å². The standard InChI is InChI=1S/C20H17ClF3N7O/c1-8(3-22)27-19-17(24)16(21)15(10-4-26-30-18(10)19)12-6-31-7-13(28-14(31)5-25-12)29-20(32)9-2-11(9)23/h4-9,11,27H,2-3H2,1H3,(H,26,30)(H,29,32). The number of benzene rings is 1. The van der Waals surface area contributed by atoms with Crippen molar-refractivity contribution >= 4 is 45.6 Å². The minimum absolute atomic E-state index is 0.0244. The van der Waals surface area contributed by atoms with Gasteiger partial charge in [-0.3, -0.25) is 14.9 Å². The summed E-state index contributed by atoms with van der Waals surface area (Å²) in [5.74, 6) is -1.58. The van der Waals surface area contributed by atoms with Crippen LogP contribution >= 0.6 is 11.6 Å². The first kappa shape index (κ1) is 20.6. The third-order valence-corrected chi connectivity index (χ3v) is 5.67. The van der Waals surface area contributed by atoms with Crippen LogP contribution in [0.25, 0.3) is 27.8 Å². The number of hydrogen-bond donors (Lipinski definition) is 3. The minimum Gasteiger partial charge on any atom is -0.376 e. The fraction of sp³-hybridized carbons (Fsp3) is 0.300. The van der Waals surface area contributed by atoms with E-state index in [1.54, 1.807) is 23.7 Å². The van der Waals surface area contributed by atoms with Gasteiger partial charge in [-0.1, -0.05) is 11.6 Å². The number of aromatic amines is 1. The zero-order valence-electron chi connectivity index (χ0n) is 16.7. The Morgan fingerprint density at radius 2 is 2.19 bits per heavy atom. The van der Waals surface area contributed by atoms with Gasteiger partial charge in [0, 0.05) is 17.1 Å². The van der Waals surface area contributed by atoms with Crippen LogP contribution in [-0.4, -0.2) is 49.4 Å². The molecule has 32 heavy (non-hydrogen) atoms. The van der Waals surface area contributed by atoms with Gasteiger partial charge in [-0.15, -0.1) is 0 Å². The lowest BCUT2D eigenvalue weighted by atomic mass is 10.1. The molecule has 1 aliphatic carbocycles. The molecule has 8 nitrogen and oxygen atoms in total. The van der Waals surface area contributed by atoms with Crippen LogP contribution < -0.4 is 10.6 Å². The molecule has 3 aromatic heterocycles. The first-order valence-electron chi connectivity index (χ1n) is 9.84. The van der Waals surface area contributed by atoms with Crippen molar-refractivity contribution in [1.29, 1.82) is 0 Å². The summed E-state index contributed by atoms with van der Waals surface area (Å²) in [4.78, 5) is 20.5. The van der Waals surface area contributed by atoms with E-state index in [4.69, 9.17) is 11.6 Å². The van der Waals surface area contributed by atoms with Crippen LogP contribution in [0, 0.1) is 11.7 Å². The number of nitrogens with one attached hydrogen (secondary N) is 3. The SMILES string of the molecule is CC(CF)Nc1c(F)c(Cl)c(-c2cn3cc(NC(=O)C4CC4F)nc3cn2)c2cn[nH]c12. The Morgan fingerprint density at radius 3 is 2.91 bits per heavy atom. The van der Waals surface area contributed by atoms with Crippen molar-refractivity contribution in [1.82, 2.24) is 24.6 Å². The van der Waals surface area contributed by atoms with Gasteiger partial charge in [-0.05, 0) is 13.3 Å². The van der Waals surface area contributed by atoms with Crippen molar-refractivity contribution in [2.45, 2.75) is 25.6 Å². The number of amides is 1. The molecule has 1 amide bonds. The van der Waals surface area contributed by atoms with E-state index < -0.39 is 36.5 Å². The molecule has 0 bridgehead atoms. The molecular formula is C20H17ClF3N7O. The van der Waals surface area contributed by atoms with E-state index in [0.717, 1.165) is 0 Å². The van der Waals surface area contributed by atoms with Gasteiger partial charge in [0.1, 0.15) is 12.8 Å². The van der Waals surface area contributed by atoms with Crippen molar-refractivity contribution in [2.75, 3.05) is 17.3 Å². The molecule has 12 heteroatoms. The monoisotopic (exact) mass is 463 g/mol. The highest BCUT2D eigenvalue weighted by Crippen LogP contribution is 2.41. The fourth-order valence-corrected chi connectivity index (χ4v) is 3.82. The second-order valence-electron chi connectivity index (χ2n) is 7.75. The Morgan fingerprint density at radius 1 is 1.41 bits per heavy atom. The Hall–Kier alpha value is -3.34. The van der Waals surface area contributed by atoms with Gasteiger partial charge >= 0.3 is 0 Å². The molecule has 1 fully saturated rings. The van der Waals surface area contributed by atoms with E-state index in [0.29, 0.717) is 27.8 Å². The van der Waals surface area contributed by atoms with Crippen molar-refractivity contribution in [3.05, 3.63) is 35.6 Å². The van der Waals surface area contributed by atoms with E-state index in [1.165, 1.54) is 12.4 Å². The molecule has 4 aromatic rings. The number of anilines is 2. The normalized spacial score (nSPS) is 18.8. The number of H-pyrrole nitrogens is 1. The number of carbonyl (C=O) groups excluding carboxylic acids is 1. The lowest BCUT2D eigenvalue weighted by molar-refractivity contribution is -0.117. The Kier molecular flexibility index (Phi) is 4.92. The molecule has 3 unspecified atom stereocenters. The average molecular weight is 464 g/mol. The lowest BCUT2D eigenvalue weighted by Crippen LogP contribution is -2.18. The molecule has 1 aliphatic rings. The molecule has 0 radical (unpaired) electrons. The number of aromatic nitrogens is 5. The smallest absolute Gasteiger partial charge is 0.231 e. The van der Waals surface area contributed by atoms with Gasteiger partial charge < -0.3 is 15.0 Å². The molecule has 166 valence electrons. The largest absolute Gasteiger partial charge is 0.376 e. The van der Waals surface area contributed by atoms with Gasteiger partial charge in [0.15, 0.2) is 17.3 Å². The molecule has 5 rings (SSSR count). The molecule has 1 saturated carbocycles. The van der Waals surface area contributed by atoms with E-state index in [-0.39, 0.29) is 22.9 Å². The number of alkyl halides is 2. The number of carbonyl (C=O) groups is 1. The zero-order chi connectivity index (χ0) is 22.6. The average Bonchev–Trinajstić information content (AvgIpc) is 3.14. The van der Waals surface area contributed by atoms with Gasteiger partial charge in [0.05, 0.1) is 52.5 Å². The summed E-state index contributed by atoms with van der Waals surface area (Å²) >= 11 is 6.37. The molecule has 0 aliphatic heterocycles. The number of hydrogen-bond acceptors (Lipinski definition) is 5. The summed E-state index contributed by atoms with van der Waals surface area (Å²) in [6.45, 7) is 0.879. The second kappa shape index (κ2) is 7.66. The van der Waals surface area contributed by atoms with Crippen LogP contribution in [0.4, 0.5) is 24.7 Å². The van der Waals surface area contributed by atoms with Crippen molar-refractivity contribution in [2.24, 2.45) is 5.92 Å². The van der Waals surface area contributed by atoms with Gasteiger partial charge in [0.2, 0.25) is 5.91 Å². The van der Waals surface area contributed by atoms with E-state index in [1.807, 2.05) is 0 Å². The molecular weight excluding hydrogens is 447 g/mol. The summed E-state index contributed by atoms with van der Waals surface area (Å²) in [6.07, 6.45) is 5.15. The van der Waals surface area contributed by atoms with Crippen molar-refractivity contribution in [3.8, 4) is 11.3 Å². The van der Waals surface area contributed by atoms with E-state index in [2.05, 4.69) is 30.8 Å². The predicted molar refractivity (Wildman–Crippen MR) is 114 cm³/mol. The van der Waals surface area contributed by atoms with E-state index >= 15 is 4.39 Å². The molecule has 3 atom stereocenters. The molecule has 0 spiro atoms. The Labute approximate surface area is 184 Å². The third kappa shape index (κ3) is 3.42. The van der Waals surface area contributed by atoms with Gasteiger partial charge in [0.25, 0.3) is 0 Å². The van der Waals surface area contributed by atoms with Crippen LogP contribution in [0.2, 0.25) is 5.02 Å². The second-order valence-corrected chi connectivity index (χ2v) is 8.13. The highest BCUT2D eigenvalue weighted by Gasteiger charge is 2.43. The molecule has 0 saturated heterocycles. The van der Waals surface area contributed by atoms with Crippen LogP contribution in [0.5, 0.6) is 0 Å². The first-order valence-corrected chi connectivity index (χ1v) is 10.2. The van der Waals surface area contributed by atoms with Crippen molar-refractivity contribution in [3.63, 3.8) is 0 Å². The molecule has 3 N–H and O–H groups in total. The molecule has 3 heterocycles. The summed E-state index contributed by atoms with van der Waals surface area (Å²) in [7, 11) is 0. The summed E-state index contributed by atoms with van der Waals surface area (Å²) < 4.78 is 42.8. The van der Waals surface area contributed by atoms with Crippen LogP contribution in [0.1, 0.15) is 13.3 Å². The summed E-state index contributed by atoms with van der Waals surface area (Å²) in [5, 5.41) is 12.3. The quantitative estimate of drug-likeness (QED) is 0.399. The number of rotatable bonds is 6. The highest BCUT2D eigenvalue weighted by molar-refractivity contribution is 6.35. The zero-order valence-corrected chi connectivity index (χ0v) is 17.4.